The lowest BCUT2D eigenvalue weighted by Gasteiger charge is -2.35. The van der Waals surface area contributed by atoms with Gasteiger partial charge in [-0.2, -0.15) is 0 Å². The summed E-state index contributed by atoms with van der Waals surface area (Å²) in [5, 5.41) is 6.77. The van der Waals surface area contributed by atoms with Crippen molar-refractivity contribution >= 4 is 44.6 Å². The highest BCUT2D eigenvalue weighted by Gasteiger charge is 2.63. The molecule has 1 aromatic carbocycles. The lowest BCUT2D eigenvalue weighted by atomic mass is 9.85. The second-order valence-corrected chi connectivity index (χ2v) is 22.2. The van der Waals surface area contributed by atoms with Crippen LogP contribution in [-0.4, -0.2) is 107 Å². The third kappa shape index (κ3) is 10.7. The van der Waals surface area contributed by atoms with Crippen LogP contribution in [0.4, 0.5) is 13.6 Å². The summed E-state index contributed by atoms with van der Waals surface area (Å²) >= 11 is 0. The highest BCUT2D eigenvalue weighted by atomic mass is 32.2. The number of amides is 4. The molecule has 0 radical (unpaired) electrons. The van der Waals surface area contributed by atoms with E-state index in [1.807, 2.05) is 52.0 Å². The first-order valence-electron chi connectivity index (χ1n) is 23.4. The molecular formula is C49H64F2N6O10S. The van der Waals surface area contributed by atoms with Crippen LogP contribution in [0.25, 0.3) is 22.2 Å². The van der Waals surface area contributed by atoms with Gasteiger partial charge in [0.15, 0.2) is 5.60 Å². The maximum atomic E-state index is 15.3. The normalized spacial score (nSPS) is 26.4. The summed E-state index contributed by atoms with van der Waals surface area (Å²) in [6.45, 7) is 11.8. The van der Waals surface area contributed by atoms with Gasteiger partial charge in [-0.25, -0.2) is 27.0 Å². The minimum Gasteiger partial charge on any atom is -0.497 e. The zero-order valence-corrected chi connectivity index (χ0v) is 41.0. The third-order valence-electron chi connectivity index (χ3n) is 13.9. The number of nitrogens with one attached hydrogen (secondary N) is 3. The van der Waals surface area contributed by atoms with Crippen molar-refractivity contribution in [3.05, 3.63) is 54.7 Å². The van der Waals surface area contributed by atoms with E-state index in [2.05, 4.69) is 20.3 Å². The van der Waals surface area contributed by atoms with E-state index >= 15 is 4.79 Å². The highest BCUT2D eigenvalue weighted by molar-refractivity contribution is 7.91. The average molecular weight is 967 g/mol. The maximum absolute atomic E-state index is 15.3. The fourth-order valence-corrected chi connectivity index (χ4v) is 10.2. The van der Waals surface area contributed by atoms with Crippen LogP contribution in [0.5, 0.6) is 17.4 Å². The number of carbonyl (C=O) groups is 4. The number of halogens is 2. The summed E-state index contributed by atoms with van der Waals surface area (Å²) in [6, 6.07) is 8.04. The van der Waals surface area contributed by atoms with Crippen molar-refractivity contribution in [1.82, 2.24) is 30.2 Å². The van der Waals surface area contributed by atoms with Gasteiger partial charge in [-0.05, 0) is 127 Å². The van der Waals surface area contributed by atoms with E-state index in [9.17, 15) is 31.6 Å². The summed E-state index contributed by atoms with van der Waals surface area (Å²) in [4.78, 5) is 68.7. The van der Waals surface area contributed by atoms with Crippen LogP contribution in [0.1, 0.15) is 107 Å². The quantitative estimate of drug-likeness (QED) is 0.145. The van der Waals surface area contributed by atoms with Crippen molar-refractivity contribution in [3.8, 4) is 28.8 Å². The number of aromatic nitrogens is 2. The van der Waals surface area contributed by atoms with Crippen LogP contribution in [0.3, 0.4) is 0 Å². The summed E-state index contributed by atoms with van der Waals surface area (Å²) in [5.74, 6) is -5.54. The van der Waals surface area contributed by atoms with Crippen LogP contribution in [0, 0.1) is 17.8 Å². The number of sulfonamides is 1. The number of hydrogen-bond acceptors (Lipinski definition) is 12. The maximum Gasteiger partial charge on any atom is 0.408 e. The molecule has 4 amide bonds. The second-order valence-electron chi connectivity index (χ2n) is 20.0. The number of alkyl carbamates (subject to hydrolysis) is 1. The fraction of sp³-hybridized carbons (Fsp3) is 0.592. The first-order valence-corrected chi connectivity index (χ1v) is 24.9. The Morgan fingerprint density at radius 1 is 1.04 bits per heavy atom. The molecular weight excluding hydrogens is 903 g/mol. The molecule has 370 valence electrons. The third-order valence-corrected chi connectivity index (χ3v) is 16.1. The van der Waals surface area contributed by atoms with E-state index in [0.717, 1.165) is 13.8 Å². The van der Waals surface area contributed by atoms with Gasteiger partial charge in [0, 0.05) is 24.6 Å². The Labute approximate surface area is 396 Å². The molecule has 4 heterocycles. The molecule has 0 spiro atoms. The van der Waals surface area contributed by atoms with Gasteiger partial charge in [0.25, 0.3) is 11.8 Å². The number of rotatable bonds is 13. The van der Waals surface area contributed by atoms with E-state index in [0.29, 0.717) is 79.1 Å². The van der Waals surface area contributed by atoms with Gasteiger partial charge >= 0.3 is 6.09 Å². The van der Waals surface area contributed by atoms with Gasteiger partial charge in [-0.1, -0.05) is 32.4 Å². The molecule has 7 rings (SSSR count). The van der Waals surface area contributed by atoms with Crippen molar-refractivity contribution < 1.29 is 55.3 Å². The van der Waals surface area contributed by atoms with Crippen molar-refractivity contribution in [3.63, 3.8) is 0 Å². The summed E-state index contributed by atoms with van der Waals surface area (Å²) in [7, 11) is -2.55. The minimum atomic E-state index is -4.09. The molecule has 19 heteroatoms. The topological polar surface area (TPSA) is 204 Å². The first kappa shape index (κ1) is 50.3. The molecule has 3 fully saturated rings. The summed E-state index contributed by atoms with van der Waals surface area (Å²) in [5.41, 5.74) is -2.95. The Bertz CT molecular complexity index is 2550. The summed E-state index contributed by atoms with van der Waals surface area (Å²) < 4.78 is 80.4. The molecule has 68 heavy (non-hydrogen) atoms. The van der Waals surface area contributed by atoms with Crippen LogP contribution >= 0.6 is 0 Å². The molecule has 2 aromatic heterocycles. The molecule has 7 atom stereocenters. The van der Waals surface area contributed by atoms with Crippen LogP contribution in [0.15, 0.2) is 54.7 Å². The molecule has 2 aliphatic heterocycles. The lowest BCUT2D eigenvalue weighted by Crippen LogP contribution is -2.60. The van der Waals surface area contributed by atoms with Crippen LogP contribution < -0.4 is 29.6 Å². The molecule has 2 saturated carbocycles. The number of fused-ring (bicyclic) bond motifs is 3. The fourth-order valence-electron chi connectivity index (χ4n) is 8.88. The van der Waals surface area contributed by atoms with Crippen molar-refractivity contribution in [2.75, 3.05) is 13.7 Å². The number of ether oxygens (including phenoxy) is 4. The van der Waals surface area contributed by atoms with E-state index in [1.165, 1.54) is 4.90 Å². The minimum absolute atomic E-state index is 0.000142. The predicted molar refractivity (Wildman–Crippen MR) is 250 cm³/mol. The Kier molecular flexibility index (Phi) is 14.1. The van der Waals surface area contributed by atoms with Crippen molar-refractivity contribution in [2.24, 2.45) is 17.8 Å². The lowest BCUT2D eigenvalue weighted by molar-refractivity contribution is -0.152. The number of alkyl halides is 2. The number of carbonyl (C=O) groups excluding carboxylic acids is 4. The number of benzene rings is 1. The first-order chi connectivity index (χ1) is 31.9. The molecule has 7 unspecified atom stereocenters. The van der Waals surface area contributed by atoms with Gasteiger partial charge in [-0.15, -0.1) is 0 Å². The Hall–Kier alpha value is -5.59. The summed E-state index contributed by atoms with van der Waals surface area (Å²) in [6.07, 6.45) is 5.91. The standard InChI is InChI=1S/C49H64F2N6O10S/c1-10-30-21-29(4)13-11-12-14-32-25-49(32,44(60)56-68(62,63)47(7)19-20-47)55-41(58)39-24-35(27-57(39)43(59)40(30)54-45(61)67-46(5,6)48(8,50)51)66-42-36-17-15-33(64-9)22-31(36)23-38(53-42)37-18-16-34(26-52-37)65-28(2)3/h12,14-18,22-23,26,28-30,32,35,39-40H,10-11,13,19-21,24-25,27H2,1-9H3,(H,54,61)(H,55,58)(H,56,60). The Balaban J connectivity index is 1.28. The predicted octanol–water partition coefficient (Wildman–Crippen LogP) is 7.25. The van der Waals surface area contributed by atoms with Crippen LogP contribution in [0.2, 0.25) is 0 Å². The van der Waals surface area contributed by atoms with Gasteiger partial charge < -0.3 is 34.5 Å². The highest BCUT2D eigenvalue weighted by Crippen LogP contribution is 2.48. The van der Waals surface area contributed by atoms with Crippen molar-refractivity contribution in [1.29, 1.82) is 0 Å². The van der Waals surface area contributed by atoms with E-state index in [-0.39, 0.29) is 37.3 Å². The van der Waals surface area contributed by atoms with Gasteiger partial charge in [0.1, 0.15) is 35.2 Å². The van der Waals surface area contributed by atoms with Crippen LogP contribution in [-0.2, 0) is 29.1 Å². The average Bonchev–Trinajstić information content (AvgIpc) is 4.15. The van der Waals surface area contributed by atoms with Gasteiger partial charge in [-0.3, -0.25) is 24.1 Å². The van der Waals surface area contributed by atoms with E-state index < -0.39 is 85.7 Å². The molecule has 3 N–H and O–H groups in total. The Morgan fingerprint density at radius 2 is 1.76 bits per heavy atom. The molecule has 0 bridgehead atoms. The smallest absolute Gasteiger partial charge is 0.408 e. The van der Waals surface area contributed by atoms with Gasteiger partial charge in [0.05, 0.1) is 42.1 Å². The number of pyridine rings is 2. The molecule has 1 saturated heterocycles. The molecule has 2 aliphatic carbocycles. The number of methoxy groups -OCH3 is 1. The monoisotopic (exact) mass is 966 g/mol. The second kappa shape index (κ2) is 19.1. The number of allylic oxidation sites excluding steroid dienone is 1. The zero-order valence-electron chi connectivity index (χ0n) is 40.2. The largest absolute Gasteiger partial charge is 0.497 e. The van der Waals surface area contributed by atoms with E-state index in [4.69, 9.17) is 23.9 Å². The SMILES string of the molecule is CCC1CC(C)CCC=CC2CC2(C(=O)NS(=O)(=O)C2(C)CC2)NC(=O)C2CC(Oc3nc(-c4ccc(OC(C)C)cn4)cc4cc(OC)ccc34)CN2C(=O)C1NC(=O)OC(C)(C)C(C)(F)F. The number of hydrogen-bond donors (Lipinski definition) is 3. The van der Waals surface area contributed by atoms with E-state index in [1.54, 1.807) is 44.5 Å². The zero-order chi connectivity index (χ0) is 49.6. The number of nitrogens with zero attached hydrogens (tertiary/aromatic N) is 3. The molecule has 3 aromatic rings. The Morgan fingerprint density at radius 3 is 2.40 bits per heavy atom. The molecule has 4 aliphatic rings. The van der Waals surface area contributed by atoms with Gasteiger partial charge in [0.2, 0.25) is 27.7 Å². The molecule has 16 nitrogen and oxygen atoms in total. The van der Waals surface area contributed by atoms with Crippen molar-refractivity contribution in [2.45, 2.75) is 153 Å².